The first-order valence-electron chi connectivity index (χ1n) is 5.90. The summed E-state index contributed by atoms with van der Waals surface area (Å²) in [4.78, 5) is 11.5. The van der Waals surface area contributed by atoms with Crippen LogP contribution in [0.4, 0.5) is 0 Å². The number of amides is 1. The molecule has 0 bridgehead atoms. The topological polar surface area (TPSA) is 64.3 Å². The Labute approximate surface area is 101 Å². The molecule has 0 aromatic heterocycles. The van der Waals surface area contributed by atoms with Gasteiger partial charge in [0.05, 0.1) is 0 Å². The third-order valence-corrected chi connectivity index (χ3v) is 2.98. The molecule has 0 spiro atoms. The summed E-state index contributed by atoms with van der Waals surface area (Å²) in [6, 6.07) is 7.81. The average molecular weight is 234 g/mol. The van der Waals surface area contributed by atoms with E-state index >= 15 is 0 Å². The molecule has 4 nitrogen and oxygen atoms in total. The van der Waals surface area contributed by atoms with Crippen LogP contribution in [0.2, 0.25) is 0 Å². The van der Waals surface area contributed by atoms with Gasteiger partial charge in [-0.2, -0.15) is 0 Å². The summed E-state index contributed by atoms with van der Waals surface area (Å²) >= 11 is 0. The molecule has 4 heteroatoms. The Kier molecular flexibility index (Phi) is 3.64. The number of hydrogen-bond donors (Lipinski definition) is 2. The molecule has 1 fully saturated rings. The zero-order chi connectivity index (χ0) is 12.3. The first-order valence-corrected chi connectivity index (χ1v) is 5.90. The molecule has 1 amide bonds. The smallest absolute Gasteiger partial charge is 0.258 e. The van der Waals surface area contributed by atoms with Crippen molar-refractivity contribution in [2.24, 2.45) is 11.7 Å². The van der Waals surface area contributed by atoms with Crippen LogP contribution in [0.5, 0.6) is 5.75 Å². The molecule has 1 aromatic carbocycles. The minimum Gasteiger partial charge on any atom is -0.484 e. The SMILES string of the molecule is CC1CC1NC(=O)COc1ccc(CN)cc1. The van der Waals surface area contributed by atoms with E-state index in [0.29, 0.717) is 24.3 Å². The fourth-order valence-corrected chi connectivity index (χ4v) is 1.64. The number of hydrogen-bond acceptors (Lipinski definition) is 3. The van der Waals surface area contributed by atoms with E-state index in [1.807, 2.05) is 24.3 Å². The highest BCUT2D eigenvalue weighted by molar-refractivity contribution is 5.78. The molecule has 0 radical (unpaired) electrons. The molecular weight excluding hydrogens is 216 g/mol. The first-order chi connectivity index (χ1) is 8.19. The van der Waals surface area contributed by atoms with E-state index in [2.05, 4.69) is 12.2 Å². The summed E-state index contributed by atoms with van der Waals surface area (Å²) < 4.78 is 5.38. The number of nitrogens with two attached hydrogens (primary N) is 1. The molecule has 17 heavy (non-hydrogen) atoms. The van der Waals surface area contributed by atoms with Gasteiger partial charge in [0, 0.05) is 12.6 Å². The molecule has 3 N–H and O–H groups in total. The van der Waals surface area contributed by atoms with Crippen LogP contribution in [0, 0.1) is 5.92 Å². The molecule has 0 heterocycles. The highest BCUT2D eigenvalue weighted by Crippen LogP contribution is 2.28. The molecule has 1 aliphatic carbocycles. The van der Waals surface area contributed by atoms with Gasteiger partial charge in [0.1, 0.15) is 5.75 Å². The second kappa shape index (κ2) is 5.19. The maximum Gasteiger partial charge on any atom is 0.258 e. The number of benzene rings is 1. The second-order valence-electron chi connectivity index (χ2n) is 4.52. The van der Waals surface area contributed by atoms with Gasteiger partial charge in [-0.1, -0.05) is 19.1 Å². The normalized spacial score (nSPS) is 22.0. The van der Waals surface area contributed by atoms with Crippen molar-refractivity contribution in [3.05, 3.63) is 29.8 Å². The molecule has 0 saturated heterocycles. The molecule has 2 atom stereocenters. The maximum atomic E-state index is 11.5. The largest absolute Gasteiger partial charge is 0.484 e. The predicted molar refractivity (Wildman–Crippen MR) is 65.5 cm³/mol. The van der Waals surface area contributed by atoms with Crippen molar-refractivity contribution in [3.63, 3.8) is 0 Å². The van der Waals surface area contributed by atoms with Crippen molar-refractivity contribution >= 4 is 5.91 Å². The molecule has 0 aliphatic heterocycles. The number of rotatable bonds is 5. The van der Waals surface area contributed by atoms with E-state index in [9.17, 15) is 4.79 Å². The predicted octanol–water partition coefficient (Wildman–Crippen LogP) is 1.05. The fourth-order valence-electron chi connectivity index (χ4n) is 1.64. The monoisotopic (exact) mass is 234 g/mol. The van der Waals surface area contributed by atoms with Gasteiger partial charge in [-0.05, 0) is 30.0 Å². The number of carbonyl (C=O) groups is 1. The van der Waals surface area contributed by atoms with Gasteiger partial charge in [0.25, 0.3) is 5.91 Å². The first kappa shape index (κ1) is 11.9. The van der Waals surface area contributed by atoms with Crippen LogP contribution in [-0.4, -0.2) is 18.6 Å². The van der Waals surface area contributed by atoms with Crippen molar-refractivity contribution in [1.82, 2.24) is 5.32 Å². The minimum atomic E-state index is -0.0535. The zero-order valence-electron chi connectivity index (χ0n) is 9.98. The summed E-state index contributed by atoms with van der Waals surface area (Å²) in [7, 11) is 0. The van der Waals surface area contributed by atoms with E-state index < -0.39 is 0 Å². The Morgan fingerprint density at radius 1 is 1.47 bits per heavy atom. The Morgan fingerprint density at radius 2 is 2.12 bits per heavy atom. The second-order valence-corrected chi connectivity index (χ2v) is 4.52. The third kappa shape index (κ3) is 3.46. The standard InChI is InChI=1S/C13H18N2O2/c1-9-6-12(9)15-13(16)8-17-11-4-2-10(7-14)3-5-11/h2-5,9,12H,6-8,14H2,1H3,(H,15,16). The zero-order valence-corrected chi connectivity index (χ0v) is 9.98. The minimum absolute atomic E-state index is 0.0535. The molecule has 1 saturated carbocycles. The Hall–Kier alpha value is -1.55. The van der Waals surface area contributed by atoms with Crippen LogP contribution in [0.25, 0.3) is 0 Å². The molecule has 92 valence electrons. The van der Waals surface area contributed by atoms with Crippen molar-refractivity contribution in [1.29, 1.82) is 0 Å². The van der Waals surface area contributed by atoms with Crippen LogP contribution >= 0.6 is 0 Å². The molecule has 1 aromatic rings. The van der Waals surface area contributed by atoms with Gasteiger partial charge in [-0.25, -0.2) is 0 Å². The molecule has 2 unspecified atom stereocenters. The molecular formula is C13H18N2O2. The van der Waals surface area contributed by atoms with E-state index in [4.69, 9.17) is 10.5 Å². The number of ether oxygens (including phenoxy) is 1. The van der Waals surface area contributed by atoms with Gasteiger partial charge in [-0.3, -0.25) is 4.79 Å². The Balaban J connectivity index is 1.74. The summed E-state index contributed by atoms with van der Waals surface area (Å²) in [6.45, 7) is 2.71. The van der Waals surface area contributed by atoms with E-state index in [1.54, 1.807) is 0 Å². The van der Waals surface area contributed by atoms with Gasteiger partial charge in [-0.15, -0.1) is 0 Å². The van der Waals surface area contributed by atoms with Gasteiger partial charge >= 0.3 is 0 Å². The lowest BCUT2D eigenvalue weighted by Gasteiger charge is -2.07. The highest BCUT2D eigenvalue weighted by atomic mass is 16.5. The Bertz CT molecular complexity index is 389. The maximum absolute atomic E-state index is 11.5. The molecule has 1 aliphatic rings. The van der Waals surface area contributed by atoms with Crippen molar-refractivity contribution in [2.75, 3.05) is 6.61 Å². The summed E-state index contributed by atoms with van der Waals surface area (Å²) in [5.74, 6) is 1.26. The van der Waals surface area contributed by atoms with Crippen LogP contribution < -0.4 is 15.8 Å². The van der Waals surface area contributed by atoms with Crippen molar-refractivity contribution in [2.45, 2.75) is 25.9 Å². The lowest BCUT2D eigenvalue weighted by Crippen LogP contribution is -2.31. The van der Waals surface area contributed by atoms with Crippen LogP contribution in [0.1, 0.15) is 18.9 Å². The van der Waals surface area contributed by atoms with Gasteiger partial charge in [0.15, 0.2) is 6.61 Å². The average Bonchev–Trinajstić information content (AvgIpc) is 3.03. The lowest BCUT2D eigenvalue weighted by atomic mass is 10.2. The van der Waals surface area contributed by atoms with E-state index in [0.717, 1.165) is 12.0 Å². The summed E-state index contributed by atoms with van der Waals surface area (Å²) in [5.41, 5.74) is 6.54. The van der Waals surface area contributed by atoms with Gasteiger partial charge < -0.3 is 15.8 Å². The van der Waals surface area contributed by atoms with Crippen molar-refractivity contribution in [3.8, 4) is 5.75 Å². The molecule has 2 rings (SSSR count). The van der Waals surface area contributed by atoms with Gasteiger partial charge in [0.2, 0.25) is 0 Å². The lowest BCUT2D eigenvalue weighted by molar-refractivity contribution is -0.123. The quantitative estimate of drug-likeness (QED) is 0.800. The Morgan fingerprint density at radius 3 is 2.65 bits per heavy atom. The van der Waals surface area contributed by atoms with E-state index in [-0.39, 0.29) is 12.5 Å². The highest BCUT2D eigenvalue weighted by Gasteiger charge is 2.33. The van der Waals surface area contributed by atoms with Crippen LogP contribution in [0.15, 0.2) is 24.3 Å². The van der Waals surface area contributed by atoms with Crippen molar-refractivity contribution < 1.29 is 9.53 Å². The summed E-state index contributed by atoms with van der Waals surface area (Å²) in [6.07, 6.45) is 1.08. The van der Waals surface area contributed by atoms with E-state index in [1.165, 1.54) is 0 Å². The summed E-state index contributed by atoms with van der Waals surface area (Å²) in [5, 5.41) is 2.91. The number of carbonyl (C=O) groups excluding carboxylic acids is 1. The van der Waals surface area contributed by atoms with Crippen LogP contribution in [0.3, 0.4) is 0 Å². The number of nitrogens with one attached hydrogen (secondary N) is 1. The van der Waals surface area contributed by atoms with Crippen LogP contribution in [-0.2, 0) is 11.3 Å². The fraction of sp³-hybridized carbons (Fsp3) is 0.462. The third-order valence-electron chi connectivity index (χ3n) is 2.98.